The van der Waals surface area contributed by atoms with Crippen molar-refractivity contribution in [2.75, 3.05) is 7.11 Å². The summed E-state index contributed by atoms with van der Waals surface area (Å²) in [4.78, 5) is 11.6. The number of hydrogen-bond donors (Lipinski definition) is 1. The van der Waals surface area contributed by atoms with Crippen molar-refractivity contribution >= 4 is 28.6 Å². The number of benzene rings is 1. The van der Waals surface area contributed by atoms with Gasteiger partial charge in [0.1, 0.15) is 0 Å². The summed E-state index contributed by atoms with van der Waals surface area (Å²) >= 11 is 1.29. The van der Waals surface area contributed by atoms with Gasteiger partial charge in [-0.15, -0.1) is 10.2 Å². The average Bonchev–Trinajstić information content (AvgIpc) is 2.39. The molecule has 0 amide bonds. The third-order valence-corrected chi connectivity index (χ3v) is 3.29. The van der Waals surface area contributed by atoms with E-state index in [1.807, 2.05) is 30.3 Å². The molecule has 0 aliphatic carbocycles. The van der Waals surface area contributed by atoms with Crippen LogP contribution >= 0.6 is 11.8 Å². The van der Waals surface area contributed by atoms with E-state index < -0.39 is 5.97 Å². The van der Waals surface area contributed by atoms with Crippen molar-refractivity contribution in [3.63, 3.8) is 0 Å². The van der Waals surface area contributed by atoms with Crippen LogP contribution in [0.1, 0.15) is 10.8 Å². The van der Waals surface area contributed by atoms with Crippen LogP contribution < -0.4 is 5.73 Å². The number of nitrogens with two attached hydrogens (primary N) is 1. The minimum absolute atomic E-state index is 0.262. The van der Waals surface area contributed by atoms with Gasteiger partial charge in [-0.05, 0) is 5.56 Å². The second-order valence-electron chi connectivity index (χ2n) is 3.32. The fourth-order valence-corrected chi connectivity index (χ4v) is 2.34. The smallest absolute Gasteiger partial charge is 0.355 e. The van der Waals surface area contributed by atoms with E-state index in [-0.39, 0.29) is 11.0 Å². The first-order valence-electron chi connectivity index (χ1n) is 4.93. The zero-order valence-electron chi connectivity index (χ0n) is 9.16. The molecule has 0 fully saturated rings. The van der Waals surface area contributed by atoms with Crippen molar-refractivity contribution in [3.8, 4) is 0 Å². The van der Waals surface area contributed by atoms with Gasteiger partial charge in [-0.3, -0.25) is 0 Å². The second-order valence-corrected chi connectivity index (χ2v) is 4.45. The highest BCUT2D eigenvalue weighted by atomic mass is 32.2. The maximum Gasteiger partial charge on any atom is 0.355 e. The summed E-state index contributed by atoms with van der Waals surface area (Å²) in [6.45, 7) is 0. The number of amidine groups is 1. The van der Waals surface area contributed by atoms with Crippen molar-refractivity contribution < 1.29 is 9.53 Å². The van der Waals surface area contributed by atoms with Gasteiger partial charge in [0.15, 0.2) is 10.9 Å². The Balaban J connectivity index is 2.36. The maximum absolute atomic E-state index is 11.6. The van der Waals surface area contributed by atoms with E-state index in [0.717, 1.165) is 5.56 Å². The Labute approximate surface area is 103 Å². The van der Waals surface area contributed by atoms with Crippen LogP contribution in [0.3, 0.4) is 0 Å². The average molecular weight is 249 g/mol. The van der Waals surface area contributed by atoms with Crippen LogP contribution in [-0.2, 0) is 9.53 Å². The summed E-state index contributed by atoms with van der Waals surface area (Å²) in [7, 11) is 1.32. The van der Waals surface area contributed by atoms with Crippen LogP contribution in [0.25, 0.3) is 0 Å². The van der Waals surface area contributed by atoms with E-state index in [1.165, 1.54) is 18.9 Å². The summed E-state index contributed by atoms with van der Waals surface area (Å²) in [5.74, 6) is -0.484. The van der Waals surface area contributed by atoms with Gasteiger partial charge < -0.3 is 10.5 Å². The Bertz CT molecular complexity index is 485. The van der Waals surface area contributed by atoms with Crippen molar-refractivity contribution in [1.82, 2.24) is 0 Å². The molecule has 5 nitrogen and oxygen atoms in total. The first-order chi connectivity index (χ1) is 8.22. The van der Waals surface area contributed by atoms with Gasteiger partial charge in [0.05, 0.1) is 12.4 Å². The lowest BCUT2D eigenvalue weighted by Crippen LogP contribution is -2.27. The zero-order valence-corrected chi connectivity index (χ0v) is 9.98. The summed E-state index contributed by atoms with van der Waals surface area (Å²) in [5, 5.41) is 7.60. The molecular weight excluding hydrogens is 238 g/mol. The van der Waals surface area contributed by atoms with E-state index in [1.54, 1.807) is 0 Å². The third-order valence-electron chi connectivity index (χ3n) is 2.24. The number of rotatable bonds is 2. The molecule has 0 radical (unpaired) electrons. The minimum Gasteiger partial charge on any atom is -0.464 e. The van der Waals surface area contributed by atoms with Crippen molar-refractivity contribution in [2.24, 2.45) is 15.9 Å². The molecule has 6 heteroatoms. The van der Waals surface area contributed by atoms with Gasteiger partial charge in [-0.25, -0.2) is 4.79 Å². The molecule has 1 aromatic carbocycles. The predicted molar refractivity (Wildman–Crippen MR) is 67.8 cm³/mol. The number of hydrogen-bond acceptors (Lipinski definition) is 6. The largest absolute Gasteiger partial charge is 0.464 e. The molecule has 1 aromatic rings. The topological polar surface area (TPSA) is 77.0 Å². The Morgan fingerprint density at radius 1 is 1.35 bits per heavy atom. The standard InChI is InChI=1S/C11H11N3O2S/c1-16-10(15)8-9(17-11(12)14-13-8)7-5-3-2-4-6-7/h2-6,9H,1H3,(H2,12,14)/t9-/m0/s1. The quantitative estimate of drug-likeness (QED) is 0.802. The number of esters is 1. The molecule has 1 atom stereocenters. The number of methoxy groups -OCH3 is 1. The highest BCUT2D eigenvalue weighted by Crippen LogP contribution is 2.33. The monoisotopic (exact) mass is 249 g/mol. The maximum atomic E-state index is 11.6. The normalized spacial score (nSPS) is 19.2. The van der Waals surface area contributed by atoms with E-state index in [2.05, 4.69) is 14.9 Å². The van der Waals surface area contributed by atoms with Crippen molar-refractivity contribution in [1.29, 1.82) is 0 Å². The molecule has 2 N–H and O–H groups in total. The molecule has 17 heavy (non-hydrogen) atoms. The number of thioether (sulfide) groups is 1. The number of nitrogens with zero attached hydrogens (tertiary/aromatic N) is 2. The predicted octanol–water partition coefficient (Wildman–Crippen LogP) is 1.32. The Hall–Kier alpha value is -1.82. The lowest BCUT2D eigenvalue weighted by atomic mass is 10.1. The third kappa shape index (κ3) is 2.47. The second kappa shape index (κ2) is 5.01. The molecule has 1 heterocycles. The molecule has 0 unspecified atom stereocenters. The molecular formula is C11H11N3O2S. The number of ether oxygens (including phenoxy) is 1. The highest BCUT2D eigenvalue weighted by Gasteiger charge is 2.29. The molecule has 1 aliphatic rings. The van der Waals surface area contributed by atoms with Crippen molar-refractivity contribution in [3.05, 3.63) is 35.9 Å². The molecule has 0 spiro atoms. The lowest BCUT2D eigenvalue weighted by Gasteiger charge is -2.19. The first kappa shape index (κ1) is 11.7. The molecule has 0 saturated heterocycles. The Morgan fingerprint density at radius 3 is 2.71 bits per heavy atom. The fourth-order valence-electron chi connectivity index (χ4n) is 1.46. The van der Waals surface area contributed by atoms with Crippen LogP contribution in [0.15, 0.2) is 40.5 Å². The van der Waals surface area contributed by atoms with Gasteiger partial charge in [-0.1, -0.05) is 42.1 Å². The van der Waals surface area contributed by atoms with Crippen LogP contribution in [0.2, 0.25) is 0 Å². The zero-order chi connectivity index (χ0) is 12.3. The summed E-state index contributed by atoms with van der Waals surface area (Å²) < 4.78 is 4.68. The summed E-state index contributed by atoms with van der Waals surface area (Å²) in [6, 6.07) is 9.52. The Morgan fingerprint density at radius 2 is 2.06 bits per heavy atom. The fraction of sp³-hybridized carbons (Fsp3) is 0.182. The Kier molecular flexibility index (Phi) is 3.43. The van der Waals surface area contributed by atoms with Gasteiger partial charge in [-0.2, -0.15) is 0 Å². The van der Waals surface area contributed by atoms with Crippen molar-refractivity contribution in [2.45, 2.75) is 5.25 Å². The summed E-state index contributed by atoms with van der Waals surface area (Å²) in [5.41, 5.74) is 6.83. The summed E-state index contributed by atoms with van der Waals surface area (Å²) in [6.07, 6.45) is 0. The first-order valence-corrected chi connectivity index (χ1v) is 5.81. The SMILES string of the molecule is COC(=O)C1=NN=C(N)S[C@H]1c1ccccc1. The van der Waals surface area contributed by atoms with E-state index in [0.29, 0.717) is 5.17 Å². The molecule has 88 valence electrons. The van der Waals surface area contributed by atoms with Gasteiger partial charge in [0, 0.05) is 0 Å². The minimum atomic E-state index is -0.484. The van der Waals surface area contributed by atoms with Crippen LogP contribution in [0, 0.1) is 0 Å². The van der Waals surface area contributed by atoms with Gasteiger partial charge in [0.25, 0.3) is 0 Å². The highest BCUT2D eigenvalue weighted by molar-refractivity contribution is 8.14. The molecule has 2 rings (SSSR count). The van der Waals surface area contributed by atoms with Crippen LogP contribution in [0.4, 0.5) is 0 Å². The van der Waals surface area contributed by atoms with E-state index in [4.69, 9.17) is 5.73 Å². The van der Waals surface area contributed by atoms with E-state index >= 15 is 0 Å². The molecule has 0 bridgehead atoms. The molecule has 1 aliphatic heterocycles. The van der Waals surface area contributed by atoms with Crippen LogP contribution in [0.5, 0.6) is 0 Å². The van der Waals surface area contributed by atoms with Gasteiger partial charge >= 0.3 is 5.97 Å². The van der Waals surface area contributed by atoms with E-state index in [9.17, 15) is 4.79 Å². The molecule has 0 aromatic heterocycles. The lowest BCUT2D eigenvalue weighted by molar-refractivity contribution is -0.132. The number of carbonyl (C=O) groups is 1. The molecule has 0 saturated carbocycles. The number of carbonyl (C=O) groups excluding carboxylic acids is 1. The van der Waals surface area contributed by atoms with Crippen LogP contribution in [-0.4, -0.2) is 24.0 Å². The van der Waals surface area contributed by atoms with Gasteiger partial charge in [0.2, 0.25) is 0 Å².